The van der Waals surface area contributed by atoms with Crippen molar-refractivity contribution in [1.82, 2.24) is 0 Å². The maximum Gasteiger partial charge on any atom is 0.160 e. The summed E-state index contributed by atoms with van der Waals surface area (Å²) in [6, 6.07) is 7.82. The number of ether oxygens (including phenoxy) is 2. The molecule has 4 rings (SSSR count). The molecular formula is C20H24INO4. The number of quaternary nitrogens is 1. The van der Waals surface area contributed by atoms with Crippen molar-refractivity contribution in [2.24, 2.45) is 0 Å². The Kier molecular flexibility index (Phi) is 5.00. The van der Waals surface area contributed by atoms with Gasteiger partial charge in [0.2, 0.25) is 0 Å². The highest BCUT2D eigenvalue weighted by molar-refractivity contribution is 14.0. The van der Waals surface area contributed by atoms with Crippen LogP contribution in [0.5, 0.6) is 23.0 Å². The van der Waals surface area contributed by atoms with Crippen LogP contribution in [0.2, 0.25) is 0 Å². The number of hydrogen-bond donors (Lipinski definition) is 1. The second-order valence-corrected chi connectivity index (χ2v) is 7.29. The lowest BCUT2D eigenvalue weighted by atomic mass is 9.81. The van der Waals surface area contributed by atoms with E-state index in [-0.39, 0.29) is 41.5 Å². The molecule has 0 aromatic heterocycles. The molecule has 2 aliphatic heterocycles. The van der Waals surface area contributed by atoms with Gasteiger partial charge in [0.05, 0.1) is 27.8 Å². The smallest absolute Gasteiger partial charge is 0.160 e. The molecule has 0 fully saturated rings. The normalized spacial score (nSPS) is 23.1. The van der Waals surface area contributed by atoms with Crippen LogP contribution >= 0.6 is 24.0 Å². The standard InChI is InChI=1S/C20H23NO4.HI/c1-21-7-6-13-9-19(25-3)17(22)10-14(13)16(21)8-12-4-5-18(24-2)20(23)15(12)11-21;/h4-5,9-10,16H,6-8,11H2,1-3H3,(H-,22,23);1H/t16-,21-;/m0./s1. The minimum atomic E-state index is 0. The van der Waals surface area contributed by atoms with Crippen LogP contribution in [0.25, 0.3) is 0 Å². The zero-order valence-electron chi connectivity index (χ0n) is 15.2. The average Bonchev–Trinajstić information content (AvgIpc) is 2.60. The van der Waals surface area contributed by atoms with Crippen LogP contribution in [-0.4, -0.2) is 37.4 Å². The van der Waals surface area contributed by atoms with Gasteiger partial charge in [-0.1, -0.05) is 11.8 Å². The first-order valence-corrected chi connectivity index (χ1v) is 8.56. The van der Waals surface area contributed by atoms with E-state index in [0.717, 1.165) is 35.0 Å². The van der Waals surface area contributed by atoms with Crippen LogP contribution in [0.15, 0.2) is 24.3 Å². The number of phenolic OH excluding ortho intramolecular Hbond substituents is 1. The third kappa shape index (κ3) is 2.79. The predicted octanol–water partition coefficient (Wildman–Crippen LogP) is 2.90. The van der Waals surface area contributed by atoms with Gasteiger partial charge in [0.25, 0.3) is 0 Å². The van der Waals surface area contributed by atoms with Gasteiger partial charge < -0.3 is 24.2 Å². The van der Waals surface area contributed by atoms with Crippen LogP contribution in [0.4, 0.5) is 0 Å². The van der Waals surface area contributed by atoms with E-state index >= 15 is 0 Å². The number of likely N-dealkylation sites (N-methyl/N-ethyl adjacent to an activating group) is 1. The third-order valence-corrected chi connectivity index (χ3v) is 5.92. The minimum Gasteiger partial charge on any atom is -0.870 e. The van der Waals surface area contributed by atoms with Crippen molar-refractivity contribution < 1.29 is 24.2 Å². The lowest BCUT2D eigenvalue weighted by molar-refractivity contribution is -0.956. The zero-order valence-corrected chi connectivity index (χ0v) is 17.6. The Morgan fingerprint density at radius 2 is 1.85 bits per heavy atom. The molecule has 1 N–H and O–H groups in total. The van der Waals surface area contributed by atoms with E-state index in [9.17, 15) is 10.2 Å². The fraction of sp³-hybridized carbons (Fsp3) is 0.400. The van der Waals surface area contributed by atoms with Crippen molar-refractivity contribution in [1.29, 1.82) is 0 Å². The van der Waals surface area contributed by atoms with Gasteiger partial charge in [-0.2, -0.15) is 0 Å². The number of rotatable bonds is 2. The lowest BCUT2D eigenvalue weighted by Crippen LogP contribution is -2.53. The van der Waals surface area contributed by atoms with E-state index in [1.54, 1.807) is 20.3 Å². The highest BCUT2D eigenvalue weighted by Gasteiger charge is 2.43. The van der Waals surface area contributed by atoms with E-state index in [2.05, 4.69) is 7.05 Å². The summed E-state index contributed by atoms with van der Waals surface area (Å²) in [6.45, 7) is 1.66. The van der Waals surface area contributed by atoms with Gasteiger partial charge in [0.1, 0.15) is 18.3 Å². The van der Waals surface area contributed by atoms with Gasteiger partial charge in [-0.3, -0.25) is 0 Å². The van der Waals surface area contributed by atoms with Gasteiger partial charge in [-0.25, -0.2) is 0 Å². The number of nitrogens with zero attached hydrogens (tertiary/aromatic N) is 1. The van der Waals surface area contributed by atoms with E-state index in [4.69, 9.17) is 9.47 Å². The van der Waals surface area contributed by atoms with Crippen LogP contribution in [0.1, 0.15) is 28.3 Å². The Hall–Kier alpha value is -1.67. The predicted molar refractivity (Wildman–Crippen MR) is 107 cm³/mol. The molecule has 0 spiro atoms. The summed E-state index contributed by atoms with van der Waals surface area (Å²) < 4.78 is 11.3. The second-order valence-electron chi connectivity index (χ2n) is 7.29. The topological polar surface area (TPSA) is 61.8 Å². The fourth-order valence-electron chi connectivity index (χ4n) is 4.45. The number of hydrogen-bond acceptors (Lipinski definition) is 4. The van der Waals surface area contributed by atoms with Gasteiger partial charge in [-0.15, -0.1) is 24.0 Å². The molecule has 2 heterocycles. The average molecular weight is 469 g/mol. The summed E-state index contributed by atoms with van der Waals surface area (Å²) in [5.41, 5.74) is 4.37. The van der Waals surface area contributed by atoms with E-state index in [1.807, 2.05) is 18.2 Å². The number of methoxy groups -OCH3 is 2. The molecule has 6 heteroatoms. The van der Waals surface area contributed by atoms with Crippen molar-refractivity contribution >= 4 is 24.0 Å². The van der Waals surface area contributed by atoms with Crippen LogP contribution in [0.3, 0.4) is 0 Å². The number of phenols is 1. The molecule has 0 unspecified atom stereocenters. The number of benzene rings is 2. The fourth-order valence-corrected chi connectivity index (χ4v) is 4.45. The van der Waals surface area contributed by atoms with Crippen molar-refractivity contribution in [3.8, 4) is 23.0 Å². The molecule has 26 heavy (non-hydrogen) atoms. The zero-order chi connectivity index (χ0) is 17.8. The van der Waals surface area contributed by atoms with Crippen molar-refractivity contribution in [2.45, 2.75) is 25.4 Å². The summed E-state index contributed by atoms with van der Waals surface area (Å²) in [6.07, 6.45) is 1.70. The molecule has 2 aliphatic rings. The summed E-state index contributed by atoms with van der Waals surface area (Å²) in [7, 11) is 5.32. The van der Waals surface area contributed by atoms with Gasteiger partial charge in [0, 0.05) is 24.0 Å². The Bertz CT molecular complexity index is 854. The van der Waals surface area contributed by atoms with E-state index in [1.165, 1.54) is 11.1 Å². The second kappa shape index (κ2) is 6.81. The molecule has 140 valence electrons. The van der Waals surface area contributed by atoms with Crippen LogP contribution in [-0.2, 0) is 19.4 Å². The van der Waals surface area contributed by atoms with Crippen LogP contribution < -0.4 is 14.6 Å². The molecule has 5 nitrogen and oxygen atoms in total. The molecule has 2 aromatic carbocycles. The number of aromatic hydroxyl groups is 1. The first kappa shape index (κ1) is 19.1. The van der Waals surface area contributed by atoms with Crippen molar-refractivity contribution in [3.63, 3.8) is 0 Å². The number of halogens is 1. The highest BCUT2D eigenvalue weighted by atomic mass is 127. The number of fused-ring (bicyclic) bond motifs is 4. The minimum absolute atomic E-state index is 0. The molecule has 0 bridgehead atoms. The monoisotopic (exact) mass is 469 g/mol. The Labute approximate surface area is 170 Å². The van der Waals surface area contributed by atoms with Crippen molar-refractivity contribution in [2.75, 3.05) is 27.8 Å². The van der Waals surface area contributed by atoms with Gasteiger partial charge >= 0.3 is 0 Å². The molecule has 0 aliphatic carbocycles. The molecule has 0 saturated heterocycles. The largest absolute Gasteiger partial charge is 0.870 e. The van der Waals surface area contributed by atoms with E-state index < -0.39 is 0 Å². The van der Waals surface area contributed by atoms with Gasteiger partial charge in [0.15, 0.2) is 11.5 Å². The third-order valence-electron chi connectivity index (χ3n) is 5.92. The summed E-state index contributed by atoms with van der Waals surface area (Å²) in [5.74, 6) is 1.14. The highest BCUT2D eigenvalue weighted by Crippen LogP contribution is 2.47. The molecule has 0 radical (unpaired) electrons. The molecule has 2 aromatic rings. The Morgan fingerprint density at radius 3 is 2.54 bits per heavy atom. The molecule has 0 amide bonds. The molecule has 0 saturated carbocycles. The quantitative estimate of drug-likeness (QED) is 0.543. The SMILES string of the molecule is COc1cc2c(cc1O)[C@@H]1Cc3ccc(OC)c([O-])c3C[N@+]1(C)CC2.I. The Morgan fingerprint density at radius 1 is 1.12 bits per heavy atom. The lowest BCUT2D eigenvalue weighted by Gasteiger charge is -2.49. The Balaban J connectivity index is 0.00000196. The van der Waals surface area contributed by atoms with E-state index in [0.29, 0.717) is 18.0 Å². The molecular weight excluding hydrogens is 445 g/mol. The molecule has 2 atom stereocenters. The van der Waals surface area contributed by atoms with Crippen LogP contribution in [0, 0.1) is 0 Å². The maximum absolute atomic E-state index is 12.7. The summed E-state index contributed by atoms with van der Waals surface area (Å²) >= 11 is 0. The van der Waals surface area contributed by atoms with Crippen molar-refractivity contribution in [3.05, 3.63) is 46.5 Å². The first-order chi connectivity index (χ1) is 12.0. The first-order valence-electron chi connectivity index (χ1n) is 8.56. The maximum atomic E-state index is 12.7. The summed E-state index contributed by atoms with van der Waals surface area (Å²) in [4.78, 5) is 0. The summed E-state index contributed by atoms with van der Waals surface area (Å²) in [5, 5.41) is 22.9. The van der Waals surface area contributed by atoms with Gasteiger partial charge in [-0.05, 0) is 29.3 Å².